The molecule has 0 spiro atoms. The van der Waals surface area contributed by atoms with Gasteiger partial charge in [-0.05, 0) is 62.0 Å². The molecule has 0 unspecified atom stereocenters. The van der Waals surface area contributed by atoms with E-state index in [9.17, 15) is 0 Å². The van der Waals surface area contributed by atoms with E-state index in [1.165, 1.54) is 44.3 Å². The molecule has 7 nitrogen and oxygen atoms in total. The molecule has 1 saturated heterocycles. The Morgan fingerprint density at radius 1 is 1.20 bits per heavy atom. The molecule has 3 aromatic heterocycles. The largest absolute Gasteiger partial charge is 0.310 e. The van der Waals surface area contributed by atoms with E-state index in [-0.39, 0.29) is 5.28 Å². The molecule has 2 aliphatic rings. The summed E-state index contributed by atoms with van der Waals surface area (Å²) in [6.45, 7) is 3.28. The maximum atomic E-state index is 6.12. The minimum Gasteiger partial charge on any atom is -0.310 e. The van der Waals surface area contributed by atoms with Crippen molar-refractivity contribution in [1.29, 1.82) is 0 Å². The molecular weight excluding hydrogens is 338 g/mol. The first-order chi connectivity index (χ1) is 12.2. The van der Waals surface area contributed by atoms with Gasteiger partial charge in [0.25, 0.3) is 0 Å². The lowest BCUT2D eigenvalue weighted by Gasteiger charge is -2.12. The van der Waals surface area contributed by atoms with Crippen molar-refractivity contribution in [2.24, 2.45) is 0 Å². The van der Waals surface area contributed by atoms with E-state index in [2.05, 4.69) is 42.6 Å². The topological polar surface area (TPSA) is 74.1 Å². The second-order valence-electron chi connectivity index (χ2n) is 6.98. The van der Waals surface area contributed by atoms with Gasteiger partial charge in [-0.25, -0.2) is 0 Å². The van der Waals surface area contributed by atoms with Crippen LogP contribution in [0.2, 0.25) is 5.28 Å². The normalized spacial score (nSPS) is 18.3. The van der Waals surface area contributed by atoms with E-state index < -0.39 is 0 Å². The molecule has 0 radical (unpaired) electrons. The summed E-state index contributed by atoms with van der Waals surface area (Å²) in [4.78, 5) is 11.2. The van der Waals surface area contributed by atoms with Gasteiger partial charge in [0, 0.05) is 24.7 Å². The highest BCUT2D eigenvalue weighted by molar-refractivity contribution is 6.28. The third-order valence-electron chi connectivity index (χ3n) is 4.93. The highest BCUT2D eigenvalue weighted by atomic mass is 35.5. The van der Waals surface area contributed by atoms with Gasteiger partial charge in [-0.15, -0.1) is 0 Å². The van der Waals surface area contributed by atoms with Crippen molar-refractivity contribution in [3.63, 3.8) is 0 Å². The molecule has 130 valence electrons. The second kappa shape index (κ2) is 6.00. The van der Waals surface area contributed by atoms with Gasteiger partial charge in [-0.2, -0.15) is 15.1 Å². The summed E-state index contributed by atoms with van der Waals surface area (Å²) >= 11 is 6.12. The number of likely N-dealkylation sites (tertiary alicyclic amines) is 1. The number of hydrogen-bond acceptors (Lipinski definition) is 5. The van der Waals surface area contributed by atoms with Crippen LogP contribution < -0.4 is 5.32 Å². The molecule has 25 heavy (non-hydrogen) atoms. The van der Waals surface area contributed by atoms with Crippen LogP contribution in [0.5, 0.6) is 0 Å². The molecule has 0 bridgehead atoms. The van der Waals surface area contributed by atoms with Crippen molar-refractivity contribution in [2.45, 2.75) is 38.1 Å². The molecule has 1 saturated carbocycles. The molecular formula is C17H20ClN7. The Morgan fingerprint density at radius 3 is 2.84 bits per heavy atom. The number of H-pyrrole nitrogens is 1. The Balaban J connectivity index is 1.44. The van der Waals surface area contributed by atoms with Gasteiger partial charge in [-0.3, -0.25) is 14.4 Å². The minimum absolute atomic E-state index is 0.239. The van der Waals surface area contributed by atoms with Crippen LogP contribution in [0.25, 0.3) is 5.65 Å². The molecule has 0 amide bonds. The van der Waals surface area contributed by atoms with Gasteiger partial charge in [-0.1, -0.05) is 0 Å². The molecule has 1 aliphatic heterocycles. The van der Waals surface area contributed by atoms with E-state index in [4.69, 9.17) is 11.6 Å². The number of aromatic amines is 1. The third-order valence-corrected chi connectivity index (χ3v) is 5.10. The summed E-state index contributed by atoms with van der Waals surface area (Å²) in [5.41, 5.74) is 3.14. The van der Waals surface area contributed by atoms with Gasteiger partial charge >= 0.3 is 0 Å². The maximum Gasteiger partial charge on any atom is 0.227 e. The number of nitrogens with zero attached hydrogens (tertiary/aromatic N) is 5. The zero-order valence-electron chi connectivity index (χ0n) is 13.9. The Bertz CT molecular complexity index is 905. The number of hydrogen-bond donors (Lipinski definition) is 2. The Labute approximate surface area is 150 Å². The van der Waals surface area contributed by atoms with E-state index in [0.29, 0.717) is 11.9 Å². The quantitative estimate of drug-likeness (QED) is 0.732. The molecule has 2 fully saturated rings. The van der Waals surface area contributed by atoms with Gasteiger partial charge in [0.2, 0.25) is 11.2 Å². The first-order valence-corrected chi connectivity index (χ1v) is 9.21. The van der Waals surface area contributed by atoms with Crippen LogP contribution in [-0.4, -0.2) is 42.6 Å². The van der Waals surface area contributed by atoms with E-state index in [0.717, 1.165) is 23.7 Å². The van der Waals surface area contributed by atoms with Crippen molar-refractivity contribution in [3.8, 4) is 0 Å². The predicted octanol–water partition coefficient (Wildman–Crippen LogP) is 3.32. The van der Waals surface area contributed by atoms with Crippen molar-refractivity contribution >= 4 is 29.0 Å². The van der Waals surface area contributed by atoms with E-state index >= 15 is 0 Å². The molecule has 8 heteroatoms. The lowest BCUT2D eigenvalue weighted by molar-refractivity contribution is 0.331. The van der Waals surface area contributed by atoms with Crippen molar-refractivity contribution in [1.82, 2.24) is 29.5 Å². The Hall–Kier alpha value is -2.12. The van der Waals surface area contributed by atoms with Gasteiger partial charge < -0.3 is 5.32 Å². The minimum atomic E-state index is 0.239. The predicted molar refractivity (Wildman–Crippen MR) is 96.4 cm³/mol. The average molecular weight is 358 g/mol. The van der Waals surface area contributed by atoms with Crippen LogP contribution in [0.15, 0.2) is 18.3 Å². The van der Waals surface area contributed by atoms with Crippen LogP contribution in [0.4, 0.5) is 11.8 Å². The summed E-state index contributed by atoms with van der Waals surface area (Å²) in [5, 5.41) is 10.9. The fourth-order valence-electron chi connectivity index (χ4n) is 3.50. The third kappa shape index (κ3) is 3.09. The highest BCUT2D eigenvalue weighted by Gasteiger charge is 2.26. The van der Waals surface area contributed by atoms with Crippen LogP contribution in [0.3, 0.4) is 0 Å². The first-order valence-electron chi connectivity index (χ1n) is 8.84. The SMILES string of the molecule is Clc1nc(Nc2cc(C3CC3)n[nH]2)n2cc(CN3CCCC3)cc2n1. The fourth-order valence-corrected chi connectivity index (χ4v) is 3.67. The van der Waals surface area contributed by atoms with Crippen molar-refractivity contribution in [3.05, 3.63) is 34.9 Å². The van der Waals surface area contributed by atoms with Crippen LogP contribution in [-0.2, 0) is 6.54 Å². The number of halogens is 1. The van der Waals surface area contributed by atoms with Crippen molar-refractivity contribution in [2.75, 3.05) is 18.4 Å². The Morgan fingerprint density at radius 2 is 2.04 bits per heavy atom. The number of aromatic nitrogens is 5. The molecule has 0 aromatic carbocycles. The lowest BCUT2D eigenvalue weighted by Crippen LogP contribution is -2.17. The summed E-state index contributed by atoms with van der Waals surface area (Å²) < 4.78 is 1.95. The number of anilines is 2. The average Bonchev–Trinajstić information content (AvgIpc) is 2.98. The molecule has 0 atom stereocenters. The Kier molecular flexibility index (Phi) is 3.64. The highest BCUT2D eigenvalue weighted by Crippen LogP contribution is 2.39. The lowest BCUT2D eigenvalue weighted by atomic mass is 10.3. The number of rotatable bonds is 5. The monoisotopic (exact) mass is 357 g/mol. The zero-order chi connectivity index (χ0) is 16.8. The molecule has 3 aromatic rings. The standard InChI is InChI=1S/C17H20ClN7/c18-16-20-15-7-11(9-24-5-1-2-6-24)10-25(15)17(21-16)19-14-8-13(22-23-14)12-3-4-12/h7-8,10,12H,1-6,9H2,(H2,19,20,21,22,23). The fraction of sp³-hybridized carbons (Fsp3) is 0.471. The van der Waals surface area contributed by atoms with Crippen LogP contribution in [0.1, 0.15) is 42.9 Å². The number of fused-ring (bicyclic) bond motifs is 1. The van der Waals surface area contributed by atoms with E-state index in [1.54, 1.807) is 0 Å². The molecule has 2 N–H and O–H groups in total. The van der Waals surface area contributed by atoms with Crippen LogP contribution in [0, 0.1) is 0 Å². The summed E-state index contributed by atoms with van der Waals surface area (Å²) in [7, 11) is 0. The maximum absolute atomic E-state index is 6.12. The van der Waals surface area contributed by atoms with Gasteiger partial charge in [0.15, 0.2) is 0 Å². The smallest absolute Gasteiger partial charge is 0.227 e. The van der Waals surface area contributed by atoms with Gasteiger partial charge in [0.1, 0.15) is 11.5 Å². The zero-order valence-corrected chi connectivity index (χ0v) is 14.6. The second-order valence-corrected chi connectivity index (χ2v) is 7.32. The molecule has 4 heterocycles. The van der Waals surface area contributed by atoms with Crippen LogP contribution >= 0.6 is 11.6 Å². The molecule has 5 rings (SSSR count). The van der Waals surface area contributed by atoms with E-state index in [1.807, 2.05) is 10.5 Å². The van der Waals surface area contributed by atoms with Gasteiger partial charge in [0.05, 0.1) is 5.69 Å². The summed E-state index contributed by atoms with van der Waals surface area (Å²) in [5.74, 6) is 2.08. The number of nitrogens with one attached hydrogen (secondary N) is 2. The van der Waals surface area contributed by atoms with Crippen molar-refractivity contribution < 1.29 is 0 Å². The summed E-state index contributed by atoms with van der Waals surface area (Å²) in [6, 6.07) is 4.13. The first kappa shape index (κ1) is 15.2. The summed E-state index contributed by atoms with van der Waals surface area (Å²) in [6.07, 6.45) is 7.12. The molecule has 1 aliphatic carbocycles.